The van der Waals surface area contributed by atoms with E-state index in [-0.39, 0.29) is 23.0 Å². The third kappa shape index (κ3) is 3.31. The minimum absolute atomic E-state index is 0.106. The number of amides is 1. The molecule has 1 heterocycles. The van der Waals surface area contributed by atoms with E-state index in [0.717, 1.165) is 11.8 Å². The number of benzene rings is 2. The Morgan fingerprint density at radius 1 is 1.12 bits per heavy atom. The molecule has 132 valence electrons. The van der Waals surface area contributed by atoms with E-state index in [4.69, 9.17) is 0 Å². The second-order valence-electron chi connectivity index (χ2n) is 6.53. The van der Waals surface area contributed by atoms with Crippen LogP contribution in [0.1, 0.15) is 22.3 Å². The van der Waals surface area contributed by atoms with Crippen molar-refractivity contribution in [1.82, 2.24) is 0 Å². The van der Waals surface area contributed by atoms with Gasteiger partial charge in [0.25, 0.3) is 0 Å². The van der Waals surface area contributed by atoms with E-state index < -0.39 is 9.84 Å². The van der Waals surface area contributed by atoms with Crippen LogP contribution in [0.3, 0.4) is 0 Å². The number of anilines is 1. The maximum atomic E-state index is 14.1. The second-order valence-corrected chi connectivity index (χ2v) is 8.51. The smallest absolute Gasteiger partial charge is 0.231 e. The molecule has 0 bridgehead atoms. The summed E-state index contributed by atoms with van der Waals surface area (Å²) < 4.78 is 38.1. The third-order valence-corrected chi connectivity index (χ3v) is 5.87. The maximum Gasteiger partial charge on any atom is 0.231 e. The van der Waals surface area contributed by atoms with E-state index in [0.29, 0.717) is 35.3 Å². The Morgan fingerprint density at radius 2 is 1.84 bits per heavy atom. The summed E-state index contributed by atoms with van der Waals surface area (Å²) in [6.45, 7) is 3.91. The number of carbonyl (C=O) groups is 1. The van der Waals surface area contributed by atoms with Crippen molar-refractivity contribution >= 4 is 21.4 Å². The molecule has 0 spiro atoms. The van der Waals surface area contributed by atoms with Gasteiger partial charge in [-0.05, 0) is 54.7 Å². The van der Waals surface area contributed by atoms with Crippen LogP contribution < -0.4 is 4.90 Å². The predicted molar refractivity (Wildman–Crippen MR) is 95.2 cm³/mol. The first-order valence-corrected chi connectivity index (χ1v) is 9.95. The molecule has 1 aliphatic rings. The molecular weight excluding hydrogens is 341 g/mol. The number of sulfone groups is 1. The molecule has 0 radical (unpaired) electrons. The number of hydrogen-bond donors (Lipinski definition) is 0. The lowest BCUT2D eigenvalue weighted by atomic mass is 10.0. The highest BCUT2D eigenvalue weighted by molar-refractivity contribution is 7.90. The SMILES string of the molecule is Cc1cc(C)c(S(C)(=O)=O)cc1N1CCc2c(F)cccc2CC1=O. The fourth-order valence-electron chi connectivity index (χ4n) is 3.42. The first kappa shape index (κ1) is 17.6. The Labute approximate surface area is 147 Å². The molecule has 0 saturated heterocycles. The molecule has 25 heavy (non-hydrogen) atoms. The van der Waals surface area contributed by atoms with Gasteiger partial charge in [0.05, 0.1) is 11.3 Å². The van der Waals surface area contributed by atoms with E-state index in [1.807, 2.05) is 6.92 Å². The monoisotopic (exact) mass is 361 g/mol. The molecule has 0 aromatic heterocycles. The number of halogens is 1. The van der Waals surface area contributed by atoms with Crippen LogP contribution in [0.5, 0.6) is 0 Å². The van der Waals surface area contributed by atoms with Crippen LogP contribution in [0.2, 0.25) is 0 Å². The van der Waals surface area contributed by atoms with E-state index in [1.54, 1.807) is 36.1 Å². The van der Waals surface area contributed by atoms with Crippen LogP contribution in [0.4, 0.5) is 10.1 Å². The van der Waals surface area contributed by atoms with Crippen LogP contribution >= 0.6 is 0 Å². The van der Waals surface area contributed by atoms with Crippen LogP contribution in [-0.4, -0.2) is 27.1 Å². The summed E-state index contributed by atoms with van der Waals surface area (Å²) in [5.74, 6) is -0.458. The highest BCUT2D eigenvalue weighted by Gasteiger charge is 2.26. The third-order valence-electron chi connectivity index (χ3n) is 4.63. The van der Waals surface area contributed by atoms with Crippen molar-refractivity contribution in [2.45, 2.75) is 31.6 Å². The molecule has 3 rings (SSSR count). The van der Waals surface area contributed by atoms with Gasteiger partial charge in [0.2, 0.25) is 5.91 Å². The normalized spacial score (nSPS) is 15.0. The van der Waals surface area contributed by atoms with Gasteiger partial charge in [0.1, 0.15) is 5.82 Å². The fraction of sp³-hybridized carbons (Fsp3) is 0.316. The fourth-order valence-corrected chi connectivity index (χ4v) is 4.39. The average molecular weight is 361 g/mol. The molecule has 1 amide bonds. The van der Waals surface area contributed by atoms with Crippen molar-refractivity contribution in [3.63, 3.8) is 0 Å². The van der Waals surface area contributed by atoms with E-state index in [1.165, 1.54) is 6.07 Å². The standard InChI is InChI=1S/C19H20FNO3S/c1-12-9-13(2)18(25(3,23)24)11-17(12)21-8-7-15-14(10-19(21)22)5-4-6-16(15)20/h4-6,9,11H,7-8,10H2,1-3H3. The van der Waals surface area contributed by atoms with Crippen molar-refractivity contribution in [1.29, 1.82) is 0 Å². The summed E-state index contributed by atoms with van der Waals surface area (Å²) >= 11 is 0. The molecule has 0 N–H and O–H groups in total. The zero-order valence-corrected chi connectivity index (χ0v) is 15.3. The topological polar surface area (TPSA) is 54.5 Å². The van der Waals surface area contributed by atoms with Crippen molar-refractivity contribution < 1.29 is 17.6 Å². The van der Waals surface area contributed by atoms with Crippen molar-refractivity contribution in [2.24, 2.45) is 0 Å². The van der Waals surface area contributed by atoms with Crippen LogP contribution in [0.15, 0.2) is 35.2 Å². The van der Waals surface area contributed by atoms with E-state index in [9.17, 15) is 17.6 Å². The van der Waals surface area contributed by atoms with Crippen molar-refractivity contribution in [3.05, 3.63) is 58.4 Å². The number of hydrogen-bond acceptors (Lipinski definition) is 3. The molecule has 0 fully saturated rings. The number of aryl methyl sites for hydroxylation is 2. The molecule has 0 saturated carbocycles. The molecule has 0 aliphatic carbocycles. The van der Waals surface area contributed by atoms with Gasteiger partial charge in [0, 0.05) is 18.5 Å². The number of carbonyl (C=O) groups excluding carboxylic acids is 1. The van der Waals surface area contributed by atoms with Crippen LogP contribution in [0, 0.1) is 19.7 Å². The summed E-state index contributed by atoms with van der Waals surface area (Å²) in [6, 6.07) is 8.11. The highest BCUT2D eigenvalue weighted by Crippen LogP contribution is 2.30. The quantitative estimate of drug-likeness (QED) is 0.826. The summed E-state index contributed by atoms with van der Waals surface area (Å²) in [7, 11) is -3.40. The van der Waals surface area contributed by atoms with Gasteiger partial charge in [-0.15, -0.1) is 0 Å². The predicted octanol–water partition coefficient (Wildman–Crippen LogP) is 2.98. The van der Waals surface area contributed by atoms with Gasteiger partial charge < -0.3 is 4.90 Å². The summed E-state index contributed by atoms with van der Waals surface area (Å²) in [6.07, 6.45) is 1.66. The lowest BCUT2D eigenvalue weighted by Gasteiger charge is -2.24. The summed E-state index contributed by atoms with van der Waals surface area (Å²) in [5, 5.41) is 0. The Kier molecular flexibility index (Phi) is 4.41. The van der Waals surface area contributed by atoms with Gasteiger partial charge in [-0.3, -0.25) is 4.79 Å². The van der Waals surface area contributed by atoms with Gasteiger partial charge in [-0.1, -0.05) is 18.2 Å². The number of fused-ring (bicyclic) bond motifs is 1. The zero-order chi connectivity index (χ0) is 18.4. The molecule has 0 unspecified atom stereocenters. The number of rotatable bonds is 2. The first-order valence-electron chi connectivity index (χ1n) is 8.06. The van der Waals surface area contributed by atoms with Crippen LogP contribution in [0.25, 0.3) is 0 Å². The average Bonchev–Trinajstić information content (AvgIpc) is 2.66. The molecule has 2 aromatic rings. The highest BCUT2D eigenvalue weighted by atomic mass is 32.2. The van der Waals surface area contributed by atoms with E-state index in [2.05, 4.69) is 0 Å². The molecule has 4 nitrogen and oxygen atoms in total. The maximum absolute atomic E-state index is 14.1. The van der Waals surface area contributed by atoms with E-state index >= 15 is 0 Å². The van der Waals surface area contributed by atoms with Crippen molar-refractivity contribution in [3.8, 4) is 0 Å². The Hall–Kier alpha value is -2.21. The summed E-state index contributed by atoms with van der Waals surface area (Å²) in [5.41, 5.74) is 3.31. The zero-order valence-electron chi connectivity index (χ0n) is 14.5. The lowest BCUT2D eigenvalue weighted by Crippen LogP contribution is -2.33. The lowest BCUT2D eigenvalue weighted by molar-refractivity contribution is -0.117. The van der Waals surface area contributed by atoms with Gasteiger partial charge >= 0.3 is 0 Å². The van der Waals surface area contributed by atoms with Gasteiger partial charge in [0.15, 0.2) is 9.84 Å². The largest absolute Gasteiger partial charge is 0.311 e. The Balaban J connectivity index is 2.06. The second kappa shape index (κ2) is 6.26. The van der Waals surface area contributed by atoms with Crippen molar-refractivity contribution in [2.75, 3.05) is 17.7 Å². The molecular formula is C19H20FNO3S. The minimum atomic E-state index is -3.40. The summed E-state index contributed by atoms with van der Waals surface area (Å²) in [4.78, 5) is 14.5. The molecule has 6 heteroatoms. The molecule has 1 aliphatic heterocycles. The molecule has 2 aromatic carbocycles. The Morgan fingerprint density at radius 3 is 2.52 bits per heavy atom. The van der Waals surface area contributed by atoms with Gasteiger partial charge in [-0.2, -0.15) is 0 Å². The number of nitrogens with zero attached hydrogens (tertiary/aromatic N) is 1. The van der Waals surface area contributed by atoms with Gasteiger partial charge in [-0.25, -0.2) is 12.8 Å². The Bertz CT molecular complexity index is 967. The molecule has 0 atom stereocenters. The minimum Gasteiger partial charge on any atom is -0.311 e. The first-order chi connectivity index (χ1) is 11.7. The van der Waals surface area contributed by atoms with Crippen LogP contribution in [-0.2, 0) is 27.5 Å².